The second-order valence-corrected chi connectivity index (χ2v) is 4.93. The number of nitrogens with zero attached hydrogens (tertiary/aromatic N) is 1. The maximum absolute atomic E-state index is 13.5. The van der Waals surface area contributed by atoms with Crippen molar-refractivity contribution in [1.29, 1.82) is 0 Å². The molecule has 0 atom stereocenters. The molecule has 0 unspecified atom stereocenters. The lowest BCUT2D eigenvalue weighted by Crippen LogP contribution is -2.03. The summed E-state index contributed by atoms with van der Waals surface area (Å²) in [5, 5.41) is 1.00. The fourth-order valence-electron chi connectivity index (χ4n) is 2.11. The minimum absolute atomic E-state index is 0.256. The summed E-state index contributed by atoms with van der Waals surface area (Å²) in [6, 6.07) is 14.5. The average Bonchev–Trinajstić information content (AvgIpc) is 2.48. The number of pyridine rings is 1. The van der Waals surface area contributed by atoms with Crippen LogP contribution in [0, 0.1) is 12.7 Å². The van der Waals surface area contributed by atoms with Crippen molar-refractivity contribution in [2.45, 2.75) is 13.5 Å². The summed E-state index contributed by atoms with van der Waals surface area (Å²) in [5.41, 5.74) is 8.17. The first-order valence-corrected chi connectivity index (χ1v) is 6.66. The van der Waals surface area contributed by atoms with Gasteiger partial charge in [-0.05, 0) is 30.7 Å². The van der Waals surface area contributed by atoms with Crippen LogP contribution in [0.1, 0.15) is 11.1 Å². The van der Waals surface area contributed by atoms with E-state index in [0.717, 1.165) is 16.5 Å². The number of rotatable bonds is 3. The quantitative estimate of drug-likeness (QED) is 0.794. The van der Waals surface area contributed by atoms with Crippen LogP contribution in [0.25, 0.3) is 10.9 Å². The lowest BCUT2D eigenvalue weighted by molar-refractivity contribution is 0.305. The highest BCUT2D eigenvalue weighted by Gasteiger charge is 2.06. The molecule has 3 nitrogen and oxygen atoms in total. The van der Waals surface area contributed by atoms with Gasteiger partial charge >= 0.3 is 0 Å². The number of hydrogen-bond donors (Lipinski definition) is 1. The van der Waals surface area contributed by atoms with Gasteiger partial charge in [-0.15, -0.1) is 0 Å². The Morgan fingerprint density at radius 1 is 1.14 bits per heavy atom. The number of benzene rings is 2. The molecule has 2 aromatic carbocycles. The summed E-state index contributed by atoms with van der Waals surface area (Å²) in [5.74, 6) is 0.629. The van der Waals surface area contributed by atoms with Gasteiger partial charge in [-0.3, -0.25) is 0 Å². The van der Waals surface area contributed by atoms with Crippen LogP contribution < -0.4 is 10.5 Å². The maximum atomic E-state index is 13.5. The standard InChI is InChI=1S/C17H15FN2O/c1-11-6-7-14(9-15(11)18)21-10-13-8-12-4-2-3-5-16(12)20-17(13)19/h2-9H,10H2,1H3,(H2,19,20). The minimum atomic E-state index is -0.280. The minimum Gasteiger partial charge on any atom is -0.489 e. The van der Waals surface area contributed by atoms with Crippen molar-refractivity contribution < 1.29 is 9.13 Å². The van der Waals surface area contributed by atoms with Gasteiger partial charge in [0.1, 0.15) is 24.0 Å². The first kappa shape index (κ1) is 13.4. The molecular weight excluding hydrogens is 267 g/mol. The Bertz CT molecular complexity index is 802. The van der Waals surface area contributed by atoms with Crippen LogP contribution in [0.5, 0.6) is 5.75 Å². The van der Waals surface area contributed by atoms with E-state index in [1.807, 2.05) is 30.3 Å². The van der Waals surface area contributed by atoms with Gasteiger partial charge in [-0.1, -0.05) is 24.3 Å². The Kier molecular flexibility index (Phi) is 3.44. The average molecular weight is 282 g/mol. The van der Waals surface area contributed by atoms with E-state index >= 15 is 0 Å². The molecule has 2 N–H and O–H groups in total. The Morgan fingerprint density at radius 2 is 1.95 bits per heavy atom. The number of aromatic nitrogens is 1. The second-order valence-electron chi connectivity index (χ2n) is 4.93. The largest absolute Gasteiger partial charge is 0.489 e. The van der Waals surface area contributed by atoms with E-state index in [1.54, 1.807) is 19.1 Å². The topological polar surface area (TPSA) is 48.1 Å². The van der Waals surface area contributed by atoms with Gasteiger partial charge in [0.2, 0.25) is 0 Å². The molecule has 0 saturated carbocycles. The molecule has 0 fully saturated rings. The summed E-state index contributed by atoms with van der Waals surface area (Å²) in [7, 11) is 0. The lowest BCUT2D eigenvalue weighted by Gasteiger charge is -2.10. The van der Waals surface area contributed by atoms with Crippen LogP contribution in [-0.2, 0) is 6.61 Å². The van der Waals surface area contributed by atoms with Gasteiger partial charge in [0, 0.05) is 17.0 Å². The van der Waals surface area contributed by atoms with Crippen molar-refractivity contribution in [3.63, 3.8) is 0 Å². The van der Waals surface area contributed by atoms with Crippen molar-refractivity contribution in [2.75, 3.05) is 5.73 Å². The van der Waals surface area contributed by atoms with Crippen molar-refractivity contribution in [1.82, 2.24) is 4.98 Å². The number of fused-ring (bicyclic) bond motifs is 1. The number of halogens is 1. The highest BCUT2D eigenvalue weighted by atomic mass is 19.1. The first-order valence-electron chi connectivity index (χ1n) is 6.66. The molecule has 0 spiro atoms. The van der Waals surface area contributed by atoms with Crippen LogP contribution in [-0.4, -0.2) is 4.98 Å². The summed E-state index contributed by atoms with van der Waals surface area (Å²) >= 11 is 0. The molecule has 0 amide bonds. The summed E-state index contributed by atoms with van der Waals surface area (Å²) in [6.07, 6.45) is 0. The third-order valence-corrected chi connectivity index (χ3v) is 3.37. The molecule has 0 radical (unpaired) electrons. The lowest BCUT2D eigenvalue weighted by atomic mass is 10.1. The molecule has 0 aliphatic heterocycles. The molecule has 1 heterocycles. The van der Waals surface area contributed by atoms with Gasteiger partial charge in [0.25, 0.3) is 0 Å². The number of hydrogen-bond acceptors (Lipinski definition) is 3. The molecule has 106 valence electrons. The zero-order valence-corrected chi connectivity index (χ0v) is 11.6. The van der Waals surface area contributed by atoms with Crippen molar-refractivity contribution in [3.05, 3.63) is 65.5 Å². The van der Waals surface area contributed by atoms with Gasteiger partial charge in [-0.25, -0.2) is 9.37 Å². The van der Waals surface area contributed by atoms with Crippen LogP contribution in [0.4, 0.5) is 10.2 Å². The van der Waals surface area contributed by atoms with Crippen LogP contribution >= 0.6 is 0 Å². The molecule has 1 aromatic heterocycles. The van der Waals surface area contributed by atoms with Crippen LogP contribution in [0.3, 0.4) is 0 Å². The van der Waals surface area contributed by atoms with E-state index in [1.165, 1.54) is 6.07 Å². The van der Waals surface area contributed by atoms with Crippen molar-refractivity contribution in [2.24, 2.45) is 0 Å². The summed E-state index contributed by atoms with van der Waals surface area (Å²) in [4.78, 5) is 4.34. The molecule has 21 heavy (non-hydrogen) atoms. The zero-order chi connectivity index (χ0) is 14.8. The Labute approximate surface area is 122 Å². The van der Waals surface area contributed by atoms with E-state index < -0.39 is 0 Å². The fourth-order valence-corrected chi connectivity index (χ4v) is 2.11. The summed E-state index contributed by atoms with van der Waals surface area (Å²) in [6.45, 7) is 1.97. The monoisotopic (exact) mass is 282 g/mol. The van der Waals surface area contributed by atoms with Gasteiger partial charge < -0.3 is 10.5 Å². The maximum Gasteiger partial charge on any atom is 0.130 e. The van der Waals surface area contributed by atoms with E-state index in [-0.39, 0.29) is 12.4 Å². The molecule has 4 heteroatoms. The highest BCUT2D eigenvalue weighted by Crippen LogP contribution is 2.21. The number of nitrogen functional groups attached to an aromatic ring is 1. The van der Waals surface area contributed by atoms with Crippen LogP contribution in [0.15, 0.2) is 48.5 Å². The molecular formula is C17H15FN2O. The Balaban J connectivity index is 1.84. The van der Waals surface area contributed by atoms with Gasteiger partial charge in [0.15, 0.2) is 0 Å². The third-order valence-electron chi connectivity index (χ3n) is 3.37. The number of nitrogens with two attached hydrogens (primary N) is 1. The molecule has 0 aliphatic rings. The Morgan fingerprint density at radius 3 is 2.76 bits per heavy atom. The molecule has 0 saturated heterocycles. The second kappa shape index (κ2) is 5.40. The van der Waals surface area contributed by atoms with Crippen LogP contribution in [0.2, 0.25) is 0 Å². The predicted molar refractivity (Wildman–Crippen MR) is 81.6 cm³/mol. The van der Waals surface area contributed by atoms with E-state index in [0.29, 0.717) is 17.1 Å². The van der Waals surface area contributed by atoms with E-state index in [2.05, 4.69) is 4.98 Å². The zero-order valence-electron chi connectivity index (χ0n) is 11.6. The van der Waals surface area contributed by atoms with Crippen molar-refractivity contribution in [3.8, 4) is 5.75 Å². The van der Waals surface area contributed by atoms with Gasteiger partial charge in [0.05, 0.1) is 5.52 Å². The summed E-state index contributed by atoms with van der Waals surface area (Å²) < 4.78 is 19.1. The number of anilines is 1. The smallest absolute Gasteiger partial charge is 0.130 e. The van der Waals surface area contributed by atoms with Crippen molar-refractivity contribution >= 4 is 16.7 Å². The molecule has 0 bridgehead atoms. The normalized spacial score (nSPS) is 10.8. The van der Waals surface area contributed by atoms with Gasteiger partial charge in [-0.2, -0.15) is 0 Å². The molecule has 3 rings (SSSR count). The number of ether oxygens (including phenoxy) is 1. The van der Waals surface area contributed by atoms with E-state index in [4.69, 9.17) is 10.5 Å². The Hall–Kier alpha value is -2.62. The fraction of sp³-hybridized carbons (Fsp3) is 0.118. The number of para-hydroxylation sites is 1. The first-order chi connectivity index (χ1) is 10.1. The molecule has 3 aromatic rings. The SMILES string of the molecule is Cc1ccc(OCc2cc3ccccc3nc2N)cc1F. The van der Waals surface area contributed by atoms with E-state index in [9.17, 15) is 4.39 Å². The number of aryl methyl sites for hydroxylation is 1. The molecule has 0 aliphatic carbocycles. The third kappa shape index (κ3) is 2.79. The predicted octanol–water partition coefficient (Wildman–Crippen LogP) is 3.84. The highest BCUT2D eigenvalue weighted by molar-refractivity contribution is 5.81.